The Morgan fingerprint density at radius 1 is 1.43 bits per heavy atom. The maximum atomic E-state index is 11.8. The Hall–Kier alpha value is -1.85. The van der Waals surface area contributed by atoms with Gasteiger partial charge in [-0.1, -0.05) is 12.8 Å². The summed E-state index contributed by atoms with van der Waals surface area (Å²) in [5.41, 5.74) is -0.169. The number of carboxylic acid groups (broad SMARTS) is 1. The average molecular weight is 291 g/mol. The summed E-state index contributed by atoms with van der Waals surface area (Å²) in [6.07, 6.45) is 7.75. The van der Waals surface area contributed by atoms with Crippen molar-refractivity contribution < 1.29 is 9.90 Å². The summed E-state index contributed by atoms with van der Waals surface area (Å²) >= 11 is 0. The highest BCUT2D eigenvalue weighted by atomic mass is 16.4. The smallest absolute Gasteiger partial charge is 0.407 e. The summed E-state index contributed by atoms with van der Waals surface area (Å²) in [5, 5.41) is 9.26. The van der Waals surface area contributed by atoms with Crippen molar-refractivity contribution in [3.8, 4) is 0 Å². The van der Waals surface area contributed by atoms with Crippen LogP contribution in [0.4, 0.5) is 4.79 Å². The molecule has 0 unspecified atom stereocenters. The molecule has 6 heteroatoms. The SMILES string of the molecule is O=C(O)N1CC[C@@H](Cn2cccnc2=O)C2(CCCC2)C1. The molecule has 1 aliphatic heterocycles. The van der Waals surface area contributed by atoms with Crippen molar-refractivity contribution in [3.63, 3.8) is 0 Å². The zero-order chi connectivity index (χ0) is 14.9. The summed E-state index contributed by atoms with van der Waals surface area (Å²) in [6, 6.07) is 1.77. The quantitative estimate of drug-likeness (QED) is 0.901. The van der Waals surface area contributed by atoms with Gasteiger partial charge in [0.25, 0.3) is 0 Å². The molecule has 21 heavy (non-hydrogen) atoms. The van der Waals surface area contributed by atoms with Crippen molar-refractivity contribution in [1.29, 1.82) is 0 Å². The molecule has 1 aliphatic carbocycles. The van der Waals surface area contributed by atoms with E-state index in [1.54, 1.807) is 21.7 Å². The van der Waals surface area contributed by atoms with E-state index >= 15 is 0 Å². The summed E-state index contributed by atoms with van der Waals surface area (Å²) < 4.78 is 1.67. The van der Waals surface area contributed by atoms with Gasteiger partial charge in [-0.05, 0) is 36.7 Å². The molecular formula is C15H21N3O3. The van der Waals surface area contributed by atoms with Gasteiger partial charge in [0.2, 0.25) is 0 Å². The van der Waals surface area contributed by atoms with Crippen LogP contribution >= 0.6 is 0 Å². The number of carbonyl (C=O) groups is 1. The van der Waals surface area contributed by atoms with Gasteiger partial charge in [-0.15, -0.1) is 0 Å². The van der Waals surface area contributed by atoms with E-state index in [2.05, 4.69) is 4.98 Å². The third-order valence-electron chi connectivity index (χ3n) is 5.19. The molecule has 1 amide bonds. The van der Waals surface area contributed by atoms with Gasteiger partial charge in [0.15, 0.2) is 0 Å². The predicted molar refractivity (Wildman–Crippen MR) is 77.1 cm³/mol. The fraction of sp³-hybridized carbons (Fsp3) is 0.667. The Morgan fingerprint density at radius 2 is 2.19 bits per heavy atom. The molecule has 0 radical (unpaired) electrons. The van der Waals surface area contributed by atoms with E-state index in [-0.39, 0.29) is 11.1 Å². The van der Waals surface area contributed by atoms with Gasteiger partial charge in [0, 0.05) is 32.0 Å². The Kier molecular flexibility index (Phi) is 3.69. The van der Waals surface area contributed by atoms with Crippen molar-refractivity contribution in [2.24, 2.45) is 11.3 Å². The first-order valence-electron chi connectivity index (χ1n) is 7.60. The van der Waals surface area contributed by atoms with E-state index in [1.165, 1.54) is 6.20 Å². The topological polar surface area (TPSA) is 75.4 Å². The molecule has 1 aromatic rings. The first-order valence-corrected chi connectivity index (χ1v) is 7.60. The van der Waals surface area contributed by atoms with Crippen molar-refractivity contribution in [3.05, 3.63) is 28.9 Å². The minimum atomic E-state index is -0.821. The van der Waals surface area contributed by atoms with E-state index in [1.807, 2.05) is 0 Å². The zero-order valence-corrected chi connectivity index (χ0v) is 12.1. The molecule has 1 N–H and O–H groups in total. The lowest BCUT2D eigenvalue weighted by molar-refractivity contribution is 0.0251. The molecule has 0 bridgehead atoms. The van der Waals surface area contributed by atoms with Crippen molar-refractivity contribution >= 4 is 6.09 Å². The summed E-state index contributed by atoms with van der Waals surface area (Å²) in [5.74, 6) is 0.359. The molecule has 1 saturated carbocycles. The van der Waals surface area contributed by atoms with Gasteiger partial charge in [0.1, 0.15) is 0 Å². The van der Waals surface area contributed by atoms with Crippen molar-refractivity contribution in [1.82, 2.24) is 14.5 Å². The van der Waals surface area contributed by atoms with Gasteiger partial charge in [-0.25, -0.2) is 14.6 Å². The standard InChI is InChI=1S/C15H21N3O3/c19-13-16-7-3-8-17(13)10-12-4-9-18(14(20)21)11-15(12)5-1-2-6-15/h3,7-8,12H,1-2,4-6,9-11H2,(H,20,21)/t12-/m0/s1. The molecular weight excluding hydrogens is 270 g/mol. The van der Waals surface area contributed by atoms with Gasteiger partial charge in [-0.3, -0.25) is 4.57 Å². The van der Waals surface area contributed by atoms with Crippen LogP contribution in [0.5, 0.6) is 0 Å². The Balaban J connectivity index is 1.82. The Labute approximate surface area is 123 Å². The van der Waals surface area contributed by atoms with Crippen LogP contribution in [-0.2, 0) is 6.54 Å². The molecule has 1 saturated heterocycles. The summed E-state index contributed by atoms with van der Waals surface area (Å²) in [6.45, 7) is 1.83. The monoisotopic (exact) mass is 291 g/mol. The number of aromatic nitrogens is 2. The lowest BCUT2D eigenvalue weighted by atomic mass is 9.69. The summed E-state index contributed by atoms with van der Waals surface area (Å²) in [4.78, 5) is 28.4. The molecule has 2 heterocycles. The fourth-order valence-corrected chi connectivity index (χ4v) is 4.06. The second kappa shape index (κ2) is 5.50. The zero-order valence-electron chi connectivity index (χ0n) is 12.1. The van der Waals surface area contributed by atoms with Crippen LogP contribution < -0.4 is 5.69 Å². The molecule has 2 aliphatic rings. The number of amides is 1. The van der Waals surface area contributed by atoms with E-state index in [9.17, 15) is 14.7 Å². The molecule has 6 nitrogen and oxygen atoms in total. The predicted octanol–water partition coefficient (Wildman–Crippen LogP) is 1.80. The second-order valence-corrected chi connectivity index (χ2v) is 6.31. The Morgan fingerprint density at radius 3 is 2.86 bits per heavy atom. The number of hydrogen-bond donors (Lipinski definition) is 1. The molecule has 3 rings (SSSR count). The minimum Gasteiger partial charge on any atom is -0.465 e. The third kappa shape index (κ3) is 2.66. The molecule has 1 atom stereocenters. The highest BCUT2D eigenvalue weighted by Gasteiger charge is 2.46. The fourth-order valence-electron chi connectivity index (χ4n) is 4.06. The maximum Gasteiger partial charge on any atom is 0.407 e. The number of nitrogens with zero attached hydrogens (tertiary/aromatic N) is 3. The lowest BCUT2D eigenvalue weighted by Crippen LogP contribution is -2.51. The first kappa shape index (κ1) is 14.1. The van der Waals surface area contributed by atoms with Crippen LogP contribution in [0, 0.1) is 11.3 Å². The number of rotatable bonds is 2. The molecule has 1 spiro atoms. The third-order valence-corrected chi connectivity index (χ3v) is 5.19. The number of hydrogen-bond acceptors (Lipinski definition) is 3. The number of piperidine rings is 1. The van der Waals surface area contributed by atoms with Gasteiger partial charge in [-0.2, -0.15) is 0 Å². The van der Waals surface area contributed by atoms with Crippen molar-refractivity contribution in [2.45, 2.75) is 38.6 Å². The highest BCUT2D eigenvalue weighted by Crippen LogP contribution is 2.49. The lowest BCUT2D eigenvalue weighted by Gasteiger charge is -2.45. The first-order chi connectivity index (χ1) is 10.1. The Bertz CT molecular complexity index is 578. The summed E-state index contributed by atoms with van der Waals surface area (Å²) in [7, 11) is 0. The maximum absolute atomic E-state index is 11.8. The number of likely N-dealkylation sites (tertiary alicyclic amines) is 1. The van der Waals surface area contributed by atoms with Crippen LogP contribution in [-0.4, -0.2) is 38.7 Å². The van der Waals surface area contributed by atoms with Crippen LogP contribution in [0.3, 0.4) is 0 Å². The van der Waals surface area contributed by atoms with E-state index in [0.29, 0.717) is 25.6 Å². The van der Waals surface area contributed by atoms with Gasteiger partial charge >= 0.3 is 11.8 Å². The van der Waals surface area contributed by atoms with Crippen molar-refractivity contribution in [2.75, 3.05) is 13.1 Å². The largest absolute Gasteiger partial charge is 0.465 e. The highest BCUT2D eigenvalue weighted by molar-refractivity contribution is 5.65. The molecule has 1 aromatic heterocycles. The normalized spacial score (nSPS) is 24.4. The van der Waals surface area contributed by atoms with E-state index in [0.717, 1.165) is 32.1 Å². The molecule has 114 valence electrons. The molecule has 2 fully saturated rings. The minimum absolute atomic E-state index is 0.0475. The van der Waals surface area contributed by atoms with Crippen LogP contribution in [0.15, 0.2) is 23.3 Å². The average Bonchev–Trinajstić information content (AvgIpc) is 2.92. The van der Waals surface area contributed by atoms with E-state index < -0.39 is 6.09 Å². The molecule has 0 aromatic carbocycles. The van der Waals surface area contributed by atoms with E-state index in [4.69, 9.17) is 0 Å². The van der Waals surface area contributed by atoms with Gasteiger partial charge in [0.05, 0.1) is 0 Å². The van der Waals surface area contributed by atoms with Crippen LogP contribution in [0.1, 0.15) is 32.1 Å². The second-order valence-electron chi connectivity index (χ2n) is 6.31. The van der Waals surface area contributed by atoms with Gasteiger partial charge < -0.3 is 10.0 Å². The van der Waals surface area contributed by atoms with Crippen LogP contribution in [0.2, 0.25) is 0 Å². The van der Waals surface area contributed by atoms with Crippen LogP contribution in [0.25, 0.3) is 0 Å².